The van der Waals surface area contributed by atoms with E-state index in [4.69, 9.17) is 9.47 Å². The van der Waals surface area contributed by atoms with Crippen molar-refractivity contribution in [2.45, 2.75) is 25.7 Å². The van der Waals surface area contributed by atoms with Crippen LogP contribution in [0.4, 0.5) is 0 Å². The number of aromatic nitrogens is 2. The van der Waals surface area contributed by atoms with Crippen molar-refractivity contribution in [2.24, 2.45) is 0 Å². The van der Waals surface area contributed by atoms with E-state index in [1.54, 1.807) is 26.7 Å². The summed E-state index contributed by atoms with van der Waals surface area (Å²) in [5.74, 6) is 1.78. The van der Waals surface area contributed by atoms with Crippen LogP contribution >= 0.6 is 0 Å². The van der Waals surface area contributed by atoms with Gasteiger partial charge in [-0.15, -0.1) is 0 Å². The molecule has 0 bridgehead atoms. The molecule has 0 aliphatic heterocycles. The first kappa shape index (κ1) is 25.1. The Morgan fingerprint density at radius 2 is 1.85 bits per heavy atom. The molecular formula is C27H34N4O3. The van der Waals surface area contributed by atoms with Gasteiger partial charge in [0, 0.05) is 31.0 Å². The summed E-state index contributed by atoms with van der Waals surface area (Å²) >= 11 is 0. The van der Waals surface area contributed by atoms with Crippen LogP contribution in [0, 0.1) is 0 Å². The number of aryl methyl sites for hydroxylation is 1. The van der Waals surface area contributed by atoms with E-state index in [0.29, 0.717) is 13.0 Å². The van der Waals surface area contributed by atoms with Gasteiger partial charge in [-0.05, 0) is 73.8 Å². The topological polar surface area (TPSA) is 77.4 Å². The average molecular weight is 463 g/mol. The number of nitrogens with one attached hydrogen (secondary N) is 2. The normalized spacial score (nSPS) is 11.0. The summed E-state index contributed by atoms with van der Waals surface area (Å²) in [5, 5.41) is 6.40. The number of methoxy groups -OCH3 is 2. The lowest BCUT2D eigenvalue weighted by molar-refractivity contribution is -0.120. The van der Waals surface area contributed by atoms with Crippen LogP contribution in [-0.4, -0.2) is 49.3 Å². The SMILES string of the molecule is COc1ccc(OC)c(CCCNCCCNC(=O)C/C=C/c2ccc(-n3ccnc3)cc2)c1. The molecule has 0 spiro atoms. The molecule has 2 aromatic carbocycles. The van der Waals surface area contributed by atoms with Crippen LogP contribution < -0.4 is 20.1 Å². The molecule has 1 heterocycles. The maximum absolute atomic E-state index is 12.0. The lowest BCUT2D eigenvalue weighted by atomic mass is 10.1. The van der Waals surface area contributed by atoms with Crippen molar-refractivity contribution in [1.29, 1.82) is 0 Å². The second-order valence-electron chi connectivity index (χ2n) is 7.90. The first-order chi connectivity index (χ1) is 16.7. The molecule has 0 saturated carbocycles. The van der Waals surface area contributed by atoms with Gasteiger partial charge in [0.15, 0.2) is 0 Å². The van der Waals surface area contributed by atoms with Crippen molar-refractivity contribution in [3.8, 4) is 17.2 Å². The lowest BCUT2D eigenvalue weighted by Crippen LogP contribution is -2.27. The fraction of sp³-hybridized carbons (Fsp3) is 0.333. The molecule has 7 nitrogen and oxygen atoms in total. The number of hydrogen-bond donors (Lipinski definition) is 2. The molecule has 0 unspecified atom stereocenters. The van der Waals surface area contributed by atoms with E-state index in [0.717, 1.165) is 60.7 Å². The maximum atomic E-state index is 12.0. The molecular weight excluding hydrogens is 428 g/mol. The summed E-state index contributed by atoms with van der Waals surface area (Å²) in [5.41, 5.74) is 3.27. The van der Waals surface area contributed by atoms with Gasteiger partial charge in [0.25, 0.3) is 0 Å². The molecule has 34 heavy (non-hydrogen) atoms. The van der Waals surface area contributed by atoms with Crippen LogP contribution in [-0.2, 0) is 11.2 Å². The molecule has 3 rings (SSSR count). The molecule has 0 saturated heterocycles. The number of nitrogens with zero attached hydrogens (tertiary/aromatic N) is 2. The Bertz CT molecular complexity index is 1030. The average Bonchev–Trinajstić information content (AvgIpc) is 3.41. The minimum absolute atomic E-state index is 0.0383. The number of benzene rings is 2. The molecule has 7 heteroatoms. The molecule has 0 atom stereocenters. The highest BCUT2D eigenvalue weighted by atomic mass is 16.5. The van der Waals surface area contributed by atoms with Crippen LogP contribution in [0.1, 0.15) is 30.4 Å². The Kier molecular flexibility index (Phi) is 10.2. The fourth-order valence-corrected chi connectivity index (χ4v) is 3.59. The van der Waals surface area contributed by atoms with Crippen LogP contribution in [0.2, 0.25) is 0 Å². The zero-order valence-corrected chi connectivity index (χ0v) is 20.0. The van der Waals surface area contributed by atoms with Crippen LogP contribution in [0.15, 0.2) is 67.3 Å². The Labute approximate surface area is 201 Å². The largest absolute Gasteiger partial charge is 0.497 e. The molecule has 0 radical (unpaired) electrons. The molecule has 180 valence electrons. The summed E-state index contributed by atoms with van der Waals surface area (Å²) in [7, 11) is 3.36. The van der Waals surface area contributed by atoms with Crippen molar-refractivity contribution in [2.75, 3.05) is 33.9 Å². The smallest absolute Gasteiger partial charge is 0.223 e. The number of carbonyl (C=O) groups is 1. The van der Waals surface area contributed by atoms with E-state index in [1.165, 1.54) is 0 Å². The van der Waals surface area contributed by atoms with E-state index in [-0.39, 0.29) is 5.91 Å². The molecule has 0 aliphatic rings. The van der Waals surface area contributed by atoms with Gasteiger partial charge >= 0.3 is 0 Å². The Hall–Kier alpha value is -3.58. The van der Waals surface area contributed by atoms with E-state index in [1.807, 2.05) is 65.4 Å². The van der Waals surface area contributed by atoms with E-state index in [9.17, 15) is 4.79 Å². The standard InChI is InChI=1S/C27H34N4O3/c1-33-25-13-14-26(34-2)23(20-25)7-4-15-28-16-5-17-30-27(32)8-3-6-22-9-11-24(12-10-22)31-19-18-29-21-31/h3,6,9-14,18-21,28H,4-5,7-8,15-17H2,1-2H3,(H,30,32)/b6-3+. The zero-order chi connectivity index (χ0) is 24.0. The highest BCUT2D eigenvalue weighted by molar-refractivity contribution is 5.78. The molecule has 1 aromatic heterocycles. The Morgan fingerprint density at radius 1 is 1.03 bits per heavy atom. The summed E-state index contributed by atoms with van der Waals surface area (Å²) in [6.07, 6.45) is 12.5. The van der Waals surface area contributed by atoms with Gasteiger partial charge in [0.1, 0.15) is 11.5 Å². The van der Waals surface area contributed by atoms with E-state index < -0.39 is 0 Å². The first-order valence-corrected chi connectivity index (χ1v) is 11.6. The predicted octanol–water partition coefficient (Wildman–Crippen LogP) is 4.02. The summed E-state index contributed by atoms with van der Waals surface area (Å²) < 4.78 is 12.7. The van der Waals surface area contributed by atoms with Gasteiger partial charge < -0.3 is 24.7 Å². The van der Waals surface area contributed by atoms with Gasteiger partial charge in [0.2, 0.25) is 5.91 Å². The van der Waals surface area contributed by atoms with E-state index >= 15 is 0 Å². The number of carbonyl (C=O) groups excluding carboxylic acids is 1. The number of imidazole rings is 1. The quantitative estimate of drug-likeness (QED) is 0.354. The predicted molar refractivity (Wildman–Crippen MR) is 136 cm³/mol. The highest BCUT2D eigenvalue weighted by Crippen LogP contribution is 2.24. The number of ether oxygens (including phenoxy) is 2. The van der Waals surface area contributed by atoms with Crippen LogP contribution in [0.5, 0.6) is 11.5 Å². The van der Waals surface area contributed by atoms with Crippen molar-refractivity contribution in [1.82, 2.24) is 20.2 Å². The molecule has 2 N–H and O–H groups in total. The maximum Gasteiger partial charge on any atom is 0.223 e. The number of rotatable bonds is 14. The van der Waals surface area contributed by atoms with Crippen LogP contribution in [0.3, 0.4) is 0 Å². The molecule has 1 amide bonds. The van der Waals surface area contributed by atoms with Crippen molar-refractivity contribution in [3.05, 3.63) is 78.4 Å². The minimum Gasteiger partial charge on any atom is -0.497 e. The number of hydrogen-bond acceptors (Lipinski definition) is 5. The summed E-state index contributed by atoms with van der Waals surface area (Å²) in [6.45, 7) is 2.45. The minimum atomic E-state index is 0.0383. The highest BCUT2D eigenvalue weighted by Gasteiger charge is 2.05. The van der Waals surface area contributed by atoms with Gasteiger partial charge in [-0.25, -0.2) is 4.98 Å². The third-order valence-corrected chi connectivity index (χ3v) is 5.45. The van der Waals surface area contributed by atoms with Crippen molar-refractivity contribution >= 4 is 12.0 Å². The second kappa shape index (κ2) is 13.9. The van der Waals surface area contributed by atoms with Crippen LogP contribution in [0.25, 0.3) is 11.8 Å². The molecule has 0 aliphatic carbocycles. The fourth-order valence-electron chi connectivity index (χ4n) is 3.59. The Balaban J connectivity index is 1.24. The number of amides is 1. The first-order valence-electron chi connectivity index (χ1n) is 11.6. The monoisotopic (exact) mass is 462 g/mol. The van der Waals surface area contributed by atoms with Gasteiger partial charge in [-0.2, -0.15) is 0 Å². The lowest BCUT2D eigenvalue weighted by Gasteiger charge is -2.11. The summed E-state index contributed by atoms with van der Waals surface area (Å²) in [4.78, 5) is 16.1. The second-order valence-corrected chi connectivity index (χ2v) is 7.90. The molecule has 3 aromatic rings. The Morgan fingerprint density at radius 3 is 2.59 bits per heavy atom. The molecule has 0 fully saturated rings. The third-order valence-electron chi connectivity index (χ3n) is 5.45. The summed E-state index contributed by atoms with van der Waals surface area (Å²) in [6, 6.07) is 14.0. The van der Waals surface area contributed by atoms with Gasteiger partial charge in [-0.3, -0.25) is 4.79 Å². The van der Waals surface area contributed by atoms with E-state index in [2.05, 4.69) is 15.6 Å². The zero-order valence-electron chi connectivity index (χ0n) is 20.0. The van der Waals surface area contributed by atoms with Gasteiger partial charge in [-0.1, -0.05) is 24.3 Å². The third kappa shape index (κ3) is 8.08. The van der Waals surface area contributed by atoms with Crippen molar-refractivity contribution < 1.29 is 14.3 Å². The van der Waals surface area contributed by atoms with Crippen molar-refractivity contribution in [3.63, 3.8) is 0 Å². The van der Waals surface area contributed by atoms with Gasteiger partial charge in [0.05, 0.1) is 20.5 Å².